The summed E-state index contributed by atoms with van der Waals surface area (Å²) in [5.74, 6) is 0.514. The minimum atomic E-state index is -0.839. The highest BCUT2D eigenvalue weighted by molar-refractivity contribution is 5.73. The van der Waals surface area contributed by atoms with Crippen LogP contribution in [-0.2, 0) is 4.79 Å². The lowest BCUT2D eigenvalue weighted by molar-refractivity contribution is -0.151. The van der Waals surface area contributed by atoms with Crippen molar-refractivity contribution in [1.29, 1.82) is 0 Å². The van der Waals surface area contributed by atoms with Crippen LogP contribution in [-0.4, -0.2) is 17.2 Å². The van der Waals surface area contributed by atoms with Gasteiger partial charge in [-0.15, -0.1) is 0 Å². The van der Waals surface area contributed by atoms with Crippen LogP contribution in [0.1, 0.15) is 40.0 Å². The molecule has 4 atom stereocenters. The van der Waals surface area contributed by atoms with Gasteiger partial charge in [-0.2, -0.15) is 0 Å². The SMILES string of the molecule is CC1(C)C2CCC1(C)C(C(Oc1ccccc1)C(=O)O)C2. The zero-order chi connectivity index (χ0) is 15.3. The molecule has 3 rings (SSSR count). The summed E-state index contributed by atoms with van der Waals surface area (Å²) in [5, 5.41) is 9.68. The van der Waals surface area contributed by atoms with Crippen molar-refractivity contribution in [2.24, 2.45) is 22.7 Å². The van der Waals surface area contributed by atoms with Gasteiger partial charge in [0, 0.05) is 5.92 Å². The first-order valence-electron chi connectivity index (χ1n) is 7.81. The van der Waals surface area contributed by atoms with Crippen molar-refractivity contribution in [2.45, 2.75) is 46.1 Å². The Labute approximate surface area is 126 Å². The zero-order valence-electron chi connectivity index (χ0n) is 13.0. The van der Waals surface area contributed by atoms with Crippen LogP contribution in [0.15, 0.2) is 30.3 Å². The van der Waals surface area contributed by atoms with Gasteiger partial charge in [0.2, 0.25) is 0 Å². The Balaban J connectivity index is 1.88. The molecule has 114 valence electrons. The van der Waals surface area contributed by atoms with Gasteiger partial charge in [0.1, 0.15) is 5.75 Å². The summed E-state index contributed by atoms with van der Waals surface area (Å²) >= 11 is 0. The molecule has 0 heterocycles. The summed E-state index contributed by atoms with van der Waals surface area (Å²) < 4.78 is 5.87. The number of rotatable bonds is 4. The van der Waals surface area contributed by atoms with Crippen LogP contribution < -0.4 is 4.74 Å². The van der Waals surface area contributed by atoms with Crippen molar-refractivity contribution in [3.63, 3.8) is 0 Å². The van der Waals surface area contributed by atoms with E-state index in [0.29, 0.717) is 11.7 Å². The van der Waals surface area contributed by atoms with Gasteiger partial charge in [0.15, 0.2) is 6.10 Å². The highest BCUT2D eigenvalue weighted by Crippen LogP contribution is 2.68. The molecule has 2 saturated carbocycles. The Morgan fingerprint density at radius 1 is 1.29 bits per heavy atom. The quantitative estimate of drug-likeness (QED) is 0.911. The minimum Gasteiger partial charge on any atom is -0.478 e. The molecule has 0 radical (unpaired) electrons. The molecule has 2 aliphatic carbocycles. The number of carboxylic acid groups (broad SMARTS) is 1. The number of benzene rings is 1. The number of para-hydroxylation sites is 1. The van der Waals surface area contributed by atoms with Gasteiger partial charge < -0.3 is 9.84 Å². The van der Waals surface area contributed by atoms with Gasteiger partial charge in [-0.3, -0.25) is 0 Å². The fourth-order valence-electron chi connectivity index (χ4n) is 4.67. The fraction of sp³-hybridized carbons (Fsp3) is 0.611. The summed E-state index contributed by atoms with van der Waals surface area (Å²) in [4.78, 5) is 11.8. The third kappa shape index (κ3) is 2.05. The molecule has 4 unspecified atom stereocenters. The van der Waals surface area contributed by atoms with Gasteiger partial charge >= 0.3 is 5.97 Å². The Morgan fingerprint density at radius 2 is 1.95 bits per heavy atom. The Kier molecular flexibility index (Phi) is 3.27. The Bertz CT molecular complexity index is 537. The molecule has 2 aliphatic rings. The van der Waals surface area contributed by atoms with Crippen molar-refractivity contribution in [3.05, 3.63) is 30.3 Å². The summed E-state index contributed by atoms with van der Waals surface area (Å²) in [6.45, 7) is 6.85. The van der Waals surface area contributed by atoms with Gasteiger partial charge in [-0.1, -0.05) is 39.0 Å². The van der Waals surface area contributed by atoms with E-state index in [1.165, 1.54) is 6.42 Å². The summed E-state index contributed by atoms with van der Waals surface area (Å²) in [6, 6.07) is 9.32. The third-order valence-corrected chi connectivity index (χ3v) is 6.48. The number of carboxylic acids is 1. The second-order valence-electron chi connectivity index (χ2n) is 7.41. The second kappa shape index (κ2) is 4.75. The molecule has 0 aliphatic heterocycles. The lowest BCUT2D eigenvalue weighted by Crippen LogP contribution is -2.44. The van der Waals surface area contributed by atoms with E-state index in [2.05, 4.69) is 20.8 Å². The van der Waals surface area contributed by atoms with E-state index in [-0.39, 0.29) is 16.7 Å². The highest BCUT2D eigenvalue weighted by Gasteiger charge is 2.64. The van der Waals surface area contributed by atoms with E-state index in [9.17, 15) is 9.90 Å². The lowest BCUT2D eigenvalue weighted by Gasteiger charge is -2.41. The van der Waals surface area contributed by atoms with E-state index in [1.807, 2.05) is 30.3 Å². The van der Waals surface area contributed by atoms with Crippen LogP contribution >= 0.6 is 0 Å². The Hall–Kier alpha value is -1.51. The van der Waals surface area contributed by atoms with E-state index < -0.39 is 12.1 Å². The molecule has 0 saturated heterocycles. The largest absolute Gasteiger partial charge is 0.478 e. The number of hydrogen-bond donors (Lipinski definition) is 1. The average molecular weight is 288 g/mol. The molecule has 21 heavy (non-hydrogen) atoms. The fourth-order valence-corrected chi connectivity index (χ4v) is 4.67. The van der Waals surface area contributed by atoms with Crippen molar-refractivity contribution >= 4 is 5.97 Å². The second-order valence-corrected chi connectivity index (χ2v) is 7.41. The summed E-state index contributed by atoms with van der Waals surface area (Å²) in [5.41, 5.74) is 0.251. The zero-order valence-corrected chi connectivity index (χ0v) is 13.0. The molecule has 2 bridgehead atoms. The standard InChI is InChI=1S/C18H24O3/c1-17(2)12-9-10-18(17,3)14(11-12)15(16(19)20)21-13-7-5-4-6-8-13/h4-8,12,14-15H,9-11H2,1-3H3,(H,19,20). The smallest absolute Gasteiger partial charge is 0.345 e. The van der Waals surface area contributed by atoms with Crippen molar-refractivity contribution < 1.29 is 14.6 Å². The topological polar surface area (TPSA) is 46.5 Å². The predicted molar refractivity (Wildman–Crippen MR) is 81.2 cm³/mol. The molecule has 1 N–H and O–H groups in total. The number of carbonyl (C=O) groups is 1. The number of fused-ring (bicyclic) bond motifs is 2. The van der Waals surface area contributed by atoms with Crippen molar-refractivity contribution in [3.8, 4) is 5.75 Å². The lowest BCUT2D eigenvalue weighted by atomic mass is 9.65. The maximum Gasteiger partial charge on any atom is 0.345 e. The van der Waals surface area contributed by atoms with Crippen LogP contribution in [0, 0.1) is 22.7 Å². The van der Waals surface area contributed by atoms with Gasteiger partial charge in [-0.05, 0) is 48.1 Å². The molecule has 2 fully saturated rings. The predicted octanol–water partition coefficient (Wildman–Crippen LogP) is 3.98. The third-order valence-electron chi connectivity index (χ3n) is 6.48. The molecule has 3 heteroatoms. The molecular weight excluding hydrogens is 264 g/mol. The monoisotopic (exact) mass is 288 g/mol. The average Bonchev–Trinajstić information content (AvgIpc) is 2.78. The maximum absolute atomic E-state index is 11.8. The van der Waals surface area contributed by atoms with E-state index in [0.717, 1.165) is 12.8 Å². The first-order valence-corrected chi connectivity index (χ1v) is 7.81. The van der Waals surface area contributed by atoms with Gasteiger partial charge in [-0.25, -0.2) is 4.79 Å². The maximum atomic E-state index is 11.8. The van der Waals surface area contributed by atoms with Crippen LogP contribution in [0.2, 0.25) is 0 Å². The van der Waals surface area contributed by atoms with Gasteiger partial charge in [0.25, 0.3) is 0 Å². The number of hydrogen-bond acceptors (Lipinski definition) is 2. The first kappa shape index (κ1) is 14.4. The Morgan fingerprint density at radius 3 is 2.43 bits per heavy atom. The summed E-state index contributed by atoms with van der Waals surface area (Å²) in [6.07, 6.45) is 2.55. The molecule has 0 spiro atoms. The van der Waals surface area contributed by atoms with E-state index in [1.54, 1.807) is 0 Å². The molecular formula is C18H24O3. The normalized spacial score (nSPS) is 34.6. The van der Waals surface area contributed by atoms with Gasteiger partial charge in [0.05, 0.1) is 0 Å². The first-order chi connectivity index (χ1) is 9.86. The minimum absolute atomic E-state index is 0.0511. The molecule has 1 aromatic rings. The van der Waals surface area contributed by atoms with E-state index in [4.69, 9.17) is 4.74 Å². The molecule has 0 aromatic heterocycles. The van der Waals surface area contributed by atoms with Crippen molar-refractivity contribution in [2.75, 3.05) is 0 Å². The molecule has 0 amide bonds. The van der Waals surface area contributed by atoms with Crippen LogP contribution in [0.3, 0.4) is 0 Å². The van der Waals surface area contributed by atoms with E-state index >= 15 is 0 Å². The molecule has 1 aromatic carbocycles. The number of aliphatic carboxylic acids is 1. The van der Waals surface area contributed by atoms with Crippen LogP contribution in [0.4, 0.5) is 0 Å². The van der Waals surface area contributed by atoms with Crippen molar-refractivity contribution in [1.82, 2.24) is 0 Å². The summed E-state index contributed by atoms with van der Waals surface area (Å²) in [7, 11) is 0. The van der Waals surface area contributed by atoms with Crippen LogP contribution in [0.25, 0.3) is 0 Å². The molecule has 3 nitrogen and oxygen atoms in total. The highest BCUT2D eigenvalue weighted by atomic mass is 16.5. The number of ether oxygens (including phenoxy) is 1. The van der Waals surface area contributed by atoms with Crippen LogP contribution in [0.5, 0.6) is 5.75 Å².